The monoisotopic (exact) mass is 252 g/mol. The summed E-state index contributed by atoms with van der Waals surface area (Å²) in [5.41, 5.74) is 0.811. The summed E-state index contributed by atoms with van der Waals surface area (Å²) >= 11 is 0. The molecular formula is C13H20N2O3. The van der Waals surface area contributed by atoms with Gasteiger partial charge in [-0.2, -0.15) is 0 Å². The normalized spacial score (nSPS) is 11.5. The van der Waals surface area contributed by atoms with Crippen molar-refractivity contribution in [2.45, 2.75) is 26.8 Å². The van der Waals surface area contributed by atoms with Crippen LogP contribution in [0.4, 0.5) is 5.69 Å². The van der Waals surface area contributed by atoms with Gasteiger partial charge < -0.3 is 10.4 Å². The molecule has 1 aromatic rings. The second-order valence-electron chi connectivity index (χ2n) is 5.13. The fourth-order valence-electron chi connectivity index (χ4n) is 1.77. The van der Waals surface area contributed by atoms with E-state index in [-0.39, 0.29) is 22.6 Å². The Labute approximate surface area is 107 Å². The number of nitrogens with zero attached hydrogens (tertiary/aromatic N) is 1. The van der Waals surface area contributed by atoms with Gasteiger partial charge in [0.05, 0.1) is 4.92 Å². The lowest BCUT2D eigenvalue weighted by molar-refractivity contribution is -0.385. The fraction of sp³-hybridized carbons (Fsp3) is 0.538. The van der Waals surface area contributed by atoms with Crippen molar-refractivity contribution in [2.75, 3.05) is 13.2 Å². The summed E-state index contributed by atoms with van der Waals surface area (Å²) in [5.74, 6) is 0. The van der Waals surface area contributed by atoms with Crippen molar-refractivity contribution in [3.8, 4) is 0 Å². The Hall–Kier alpha value is -1.46. The lowest BCUT2D eigenvalue weighted by Gasteiger charge is -2.23. The fourth-order valence-corrected chi connectivity index (χ4v) is 1.77. The van der Waals surface area contributed by atoms with Crippen molar-refractivity contribution in [1.29, 1.82) is 0 Å². The van der Waals surface area contributed by atoms with Crippen molar-refractivity contribution >= 4 is 5.69 Å². The van der Waals surface area contributed by atoms with Gasteiger partial charge in [0, 0.05) is 31.3 Å². The molecule has 0 aliphatic heterocycles. The Morgan fingerprint density at radius 3 is 2.67 bits per heavy atom. The third kappa shape index (κ3) is 4.43. The highest BCUT2D eigenvalue weighted by atomic mass is 16.6. The quantitative estimate of drug-likeness (QED) is 0.575. The van der Waals surface area contributed by atoms with Crippen LogP contribution in [0.5, 0.6) is 0 Å². The molecule has 0 unspecified atom stereocenters. The number of aliphatic hydroxyl groups excluding tert-OH is 1. The minimum Gasteiger partial charge on any atom is -0.396 e. The maximum atomic E-state index is 10.8. The molecule has 0 saturated carbocycles. The highest BCUT2D eigenvalue weighted by Gasteiger charge is 2.17. The van der Waals surface area contributed by atoms with E-state index in [1.165, 1.54) is 6.07 Å². The first-order valence-electron chi connectivity index (χ1n) is 6.00. The Morgan fingerprint density at radius 1 is 1.39 bits per heavy atom. The zero-order valence-electron chi connectivity index (χ0n) is 10.8. The largest absolute Gasteiger partial charge is 0.396 e. The van der Waals surface area contributed by atoms with Gasteiger partial charge in [-0.05, 0) is 11.8 Å². The third-order valence-corrected chi connectivity index (χ3v) is 2.90. The number of para-hydroxylation sites is 1. The summed E-state index contributed by atoms with van der Waals surface area (Å²) in [5, 5.41) is 23.0. The molecule has 0 amide bonds. The second-order valence-corrected chi connectivity index (χ2v) is 5.13. The maximum absolute atomic E-state index is 10.8. The van der Waals surface area contributed by atoms with E-state index in [0.717, 1.165) is 0 Å². The van der Waals surface area contributed by atoms with Gasteiger partial charge in [0.15, 0.2) is 0 Å². The van der Waals surface area contributed by atoms with E-state index in [1.54, 1.807) is 18.2 Å². The van der Waals surface area contributed by atoms with Crippen LogP contribution in [0.1, 0.15) is 25.8 Å². The molecular weight excluding hydrogens is 232 g/mol. The number of nitrogens with one attached hydrogen (secondary N) is 1. The molecule has 1 rings (SSSR count). The minimum atomic E-state index is -0.365. The first-order chi connectivity index (χ1) is 8.46. The van der Waals surface area contributed by atoms with E-state index >= 15 is 0 Å². The molecule has 18 heavy (non-hydrogen) atoms. The molecule has 0 aliphatic rings. The molecule has 5 heteroatoms. The van der Waals surface area contributed by atoms with Crippen LogP contribution in [0.15, 0.2) is 24.3 Å². The van der Waals surface area contributed by atoms with Gasteiger partial charge >= 0.3 is 0 Å². The highest BCUT2D eigenvalue weighted by Crippen LogP contribution is 2.20. The minimum absolute atomic E-state index is 0.0156. The summed E-state index contributed by atoms with van der Waals surface area (Å²) in [4.78, 5) is 10.5. The lowest BCUT2D eigenvalue weighted by Crippen LogP contribution is -2.30. The average Bonchev–Trinajstić information content (AvgIpc) is 2.29. The van der Waals surface area contributed by atoms with E-state index in [2.05, 4.69) is 19.2 Å². The van der Waals surface area contributed by atoms with Gasteiger partial charge in [-0.3, -0.25) is 10.1 Å². The summed E-state index contributed by atoms with van der Waals surface area (Å²) in [6.45, 7) is 5.43. The Balaban J connectivity index is 2.56. The Morgan fingerprint density at radius 2 is 2.06 bits per heavy atom. The van der Waals surface area contributed by atoms with Gasteiger partial charge in [-0.25, -0.2) is 0 Å². The number of hydrogen-bond donors (Lipinski definition) is 2. The molecule has 0 atom stereocenters. The van der Waals surface area contributed by atoms with Crippen LogP contribution >= 0.6 is 0 Å². The summed E-state index contributed by atoms with van der Waals surface area (Å²) in [6.07, 6.45) is 0.705. The zero-order chi connectivity index (χ0) is 13.6. The number of benzene rings is 1. The van der Waals surface area contributed by atoms with E-state index in [0.29, 0.717) is 25.1 Å². The summed E-state index contributed by atoms with van der Waals surface area (Å²) in [6, 6.07) is 6.72. The average molecular weight is 252 g/mol. The number of nitro groups is 1. The SMILES string of the molecule is CC(C)(CCO)CNCc1ccccc1[N+](=O)[O-]. The van der Waals surface area contributed by atoms with Crippen molar-refractivity contribution in [2.24, 2.45) is 5.41 Å². The molecule has 0 bridgehead atoms. The predicted octanol–water partition coefficient (Wildman–Crippen LogP) is 2.09. The van der Waals surface area contributed by atoms with E-state index in [1.807, 2.05) is 0 Å². The summed E-state index contributed by atoms with van der Waals surface area (Å²) < 4.78 is 0. The highest BCUT2D eigenvalue weighted by molar-refractivity contribution is 5.39. The van der Waals surface area contributed by atoms with E-state index in [9.17, 15) is 10.1 Å². The number of hydrogen-bond acceptors (Lipinski definition) is 4. The summed E-state index contributed by atoms with van der Waals surface area (Å²) in [7, 11) is 0. The van der Waals surface area contributed by atoms with E-state index in [4.69, 9.17) is 5.11 Å². The predicted molar refractivity (Wildman–Crippen MR) is 70.3 cm³/mol. The first kappa shape index (κ1) is 14.6. The van der Waals surface area contributed by atoms with Crippen LogP contribution in [0.3, 0.4) is 0 Å². The van der Waals surface area contributed by atoms with E-state index < -0.39 is 0 Å². The van der Waals surface area contributed by atoms with Gasteiger partial charge in [0.1, 0.15) is 0 Å². The van der Waals surface area contributed by atoms with Crippen molar-refractivity contribution < 1.29 is 10.0 Å². The van der Waals surface area contributed by atoms with Gasteiger partial charge in [0.2, 0.25) is 0 Å². The molecule has 0 spiro atoms. The van der Waals surface area contributed by atoms with Crippen molar-refractivity contribution in [3.63, 3.8) is 0 Å². The first-order valence-corrected chi connectivity index (χ1v) is 6.00. The number of rotatable bonds is 7. The molecule has 0 heterocycles. The van der Waals surface area contributed by atoms with Crippen molar-refractivity contribution in [3.05, 3.63) is 39.9 Å². The Kier molecular flexibility index (Phi) is 5.25. The molecule has 0 aliphatic carbocycles. The van der Waals surface area contributed by atoms with Crippen LogP contribution in [0.25, 0.3) is 0 Å². The van der Waals surface area contributed by atoms with Crippen LogP contribution in [-0.4, -0.2) is 23.2 Å². The molecule has 0 saturated heterocycles. The molecule has 0 fully saturated rings. The Bertz CT molecular complexity index is 405. The van der Waals surface area contributed by atoms with Crippen LogP contribution in [-0.2, 0) is 6.54 Å². The lowest BCUT2D eigenvalue weighted by atomic mass is 9.90. The molecule has 0 aromatic heterocycles. The smallest absolute Gasteiger partial charge is 0.273 e. The van der Waals surface area contributed by atoms with Gasteiger partial charge in [0.25, 0.3) is 5.69 Å². The molecule has 0 radical (unpaired) electrons. The van der Waals surface area contributed by atoms with Gasteiger partial charge in [-0.1, -0.05) is 32.0 Å². The van der Waals surface area contributed by atoms with Crippen molar-refractivity contribution in [1.82, 2.24) is 5.32 Å². The van der Waals surface area contributed by atoms with Crippen LogP contribution < -0.4 is 5.32 Å². The standard InChI is InChI=1S/C13H20N2O3/c1-13(2,7-8-16)10-14-9-11-5-3-4-6-12(11)15(17)18/h3-6,14,16H,7-10H2,1-2H3. The number of aliphatic hydroxyl groups is 1. The molecule has 2 N–H and O–H groups in total. The van der Waals surface area contributed by atoms with Crippen LogP contribution in [0, 0.1) is 15.5 Å². The molecule has 5 nitrogen and oxygen atoms in total. The zero-order valence-corrected chi connectivity index (χ0v) is 10.8. The second kappa shape index (κ2) is 6.47. The van der Waals surface area contributed by atoms with Gasteiger partial charge in [-0.15, -0.1) is 0 Å². The molecule has 1 aromatic carbocycles. The van der Waals surface area contributed by atoms with Crippen LogP contribution in [0.2, 0.25) is 0 Å². The molecule has 100 valence electrons. The topological polar surface area (TPSA) is 75.4 Å². The number of nitro benzene ring substituents is 1. The maximum Gasteiger partial charge on any atom is 0.273 e. The third-order valence-electron chi connectivity index (χ3n) is 2.90.